The first-order valence-corrected chi connectivity index (χ1v) is 20.5. The summed E-state index contributed by atoms with van der Waals surface area (Å²) < 4.78 is 15.5. The van der Waals surface area contributed by atoms with Crippen molar-refractivity contribution < 1.29 is 8.83 Å². The second kappa shape index (κ2) is 13.5. The number of oxazole rings is 1. The maximum absolute atomic E-state index is 6.74. The van der Waals surface area contributed by atoms with Crippen molar-refractivity contribution in [3.63, 3.8) is 0 Å². The molecule has 0 N–H and O–H groups in total. The Bertz CT molecular complexity index is 3520. The third-order valence-corrected chi connectivity index (χ3v) is 12.5. The van der Waals surface area contributed by atoms with E-state index in [2.05, 4.69) is 168 Å². The summed E-state index contributed by atoms with van der Waals surface area (Å²) in [6, 6.07) is 70.2. The van der Waals surface area contributed by atoms with Crippen molar-refractivity contribution in [1.82, 2.24) is 4.98 Å². The molecule has 5 nitrogen and oxygen atoms in total. The molecular formula is C53H33N3O2S. The molecule has 0 spiro atoms. The summed E-state index contributed by atoms with van der Waals surface area (Å²) in [5.41, 5.74) is 10.4. The molecule has 0 radical (unpaired) electrons. The molecule has 12 aromatic rings. The first-order chi connectivity index (χ1) is 29.2. The molecule has 59 heavy (non-hydrogen) atoms. The Labute approximate surface area is 343 Å². The van der Waals surface area contributed by atoms with Gasteiger partial charge in [-0.2, -0.15) is 0 Å². The van der Waals surface area contributed by atoms with Crippen molar-refractivity contribution >= 4 is 109 Å². The Morgan fingerprint density at radius 1 is 0.373 bits per heavy atom. The monoisotopic (exact) mass is 775 g/mol. The zero-order valence-electron chi connectivity index (χ0n) is 31.6. The molecule has 3 heterocycles. The molecular weight excluding hydrogens is 743 g/mol. The molecule has 0 aliphatic heterocycles. The van der Waals surface area contributed by atoms with Gasteiger partial charge in [-0.05, 0) is 84.9 Å². The summed E-state index contributed by atoms with van der Waals surface area (Å²) in [5, 5.41) is 6.70. The van der Waals surface area contributed by atoms with E-state index in [1.807, 2.05) is 53.8 Å². The van der Waals surface area contributed by atoms with Crippen LogP contribution in [0.25, 0.3) is 75.4 Å². The fourth-order valence-corrected chi connectivity index (χ4v) is 9.78. The summed E-state index contributed by atoms with van der Waals surface area (Å²) in [5.74, 6) is 0.581. The van der Waals surface area contributed by atoms with Crippen LogP contribution in [0.1, 0.15) is 0 Å². The van der Waals surface area contributed by atoms with E-state index in [-0.39, 0.29) is 0 Å². The lowest BCUT2D eigenvalue weighted by molar-refractivity contribution is 0.620. The SMILES string of the molecule is c1ccc(-c2nc3c(cc(N(c4ccccc4)c4ccc5oc6ccccc6c5c4)c4ccc(N(c5ccccc5)c5cccc6c5sc5ccccc56)cc43)o2)cc1. The topological polar surface area (TPSA) is 45.7 Å². The first kappa shape index (κ1) is 33.5. The molecule has 0 saturated carbocycles. The van der Waals surface area contributed by atoms with Gasteiger partial charge in [0.15, 0.2) is 5.58 Å². The fraction of sp³-hybridized carbons (Fsp3) is 0. The molecule has 12 rings (SSSR count). The number of thiophene rings is 1. The maximum atomic E-state index is 6.74. The van der Waals surface area contributed by atoms with Gasteiger partial charge in [-0.1, -0.05) is 109 Å². The van der Waals surface area contributed by atoms with Gasteiger partial charge in [0.25, 0.3) is 0 Å². The standard InChI is InChI=1S/C53H33N3O2S/c1-4-15-34(16-5-1)53-54-51-44-32-37(55(35-17-6-2-7-18-35)45-24-14-23-42-41-22-11-13-26-50(41)59-52(42)45)27-29-39(44)46(33-49(51)58-53)56(36-19-8-3-9-20-36)38-28-30-48-43(31-38)40-21-10-12-25-47(40)57-48/h1-33H. The summed E-state index contributed by atoms with van der Waals surface area (Å²) in [6.45, 7) is 0. The second-order valence-corrected chi connectivity index (χ2v) is 15.8. The zero-order valence-corrected chi connectivity index (χ0v) is 32.4. The first-order valence-electron chi connectivity index (χ1n) is 19.7. The number of nitrogens with zero attached hydrogens (tertiary/aromatic N) is 3. The van der Waals surface area contributed by atoms with Crippen molar-refractivity contribution in [2.45, 2.75) is 0 Å². The van der Waals surface area contributed by atoms with Crippen LogP contribution in [0, 0.1) is 0 Å². The van der Waals surface area contributed by atoms with Crippen LogP contribution in [0.5, 0.6) is 0 Å². The Morgan fingerprint density at radius 2 is 0.983 bits per heavy atom. The number of para-hydroxylation sites is 3. The number of aromatic nitrogens is 1. The van der Waals surface area contributed by atoms with E-state index in [0.29, 0.717) is 11.5 Å². The lowest BCUT2D eigenvalue weighted by atomic mass is 10.0. The van der Waals surface area contributed by atoms with Crippen LogP contribution in [0.4, 0.5) is 34.1 Å². The molecule has 0 aliphatic carbocycles. The number of furan rings is 1. The molecule has 0 saturated heterocycles. The average Bonchev–Trinajstić information content (AvgIpc) is 4.02. The summed E-state index contributed by atoms with van der Waals surface area (Å²) in [7, 11) is 0. The third kappa shape index (κ3) is 5.49. The second-order valence-electron chi connectivity index (χ2n) is 14.7. The molecule has 0 bridgehead atoms. The van der Waals surface area contributed by atoms with Crippen molar-refractivity contribution in [3.8, 4) is 11.5 Å². The van der Waals surface area contributed by atoms with Crippen LogP contribution in [-0.4, -0.2) is 4.98 Å². The van der Waals surface area contributed by atoms with Crippen molar-refractivity contribution in [3.05, 3.63) is 200 Å². The van der Waals surface area contributed by atoms with Gasteiger partial charge >= 0.3 is 0 Å². The van der Waals surface area contributed by atoms with Crippen molar-refractivity contribution in [1.29, 1.82) is 0 Å². The van der Waals surface area contributed by atoms with Gasteiger partial charge in [0.2, 0.25) is 5.89 Å². The Balaban J connectivity index is 1.14. The van der Waals surface area contributed by atoms with Crippen LogP contribution < -0.4 is 9.80 Å². The molecule has 0 fully saturated rings. The van der Waals surface area contributed by atoms with E-state index < -0.39 is 0 Å². The molecule has 0 unspecified atom stereocenters. The normalized spacial score (nSPS) is 11.7. The van der Waals surface area contributed by atoms with E-state index in [4.69, 9.17) is 13.8 Å². The molecule has 6 heteroatoms. The highest BCUT2D eigenvalue weighted by molar-refractivity contribution is 7.26. The van der Waals surface area contributed by atoms with Gasteiger partial charge in [-0.25, -0.2) is 4.98 Å². The molecule has 0 atom stereocenters. The predicted octanol–water partition coefficient (Wildman–Crippen LogP) is 15.9. The van der Waals surface area contributed by atoms with Gasteiger partial charge in [-0.15, -0.1) is 11.3 Å². The molecule has 0 aliphatic rings. The number of anilines is 6. The van der Waals surface area contributed by atoms with E-state index in [1.54, 1.807) is 0 Å². The summed E-state index contributed by atoms with van der Waals surface area (Å²) in [6.07, 6.45) is 0. The van der Waals surface area contributed by atoms with Crippen LogP contribution in [-0.2, 0) is 0 Å². The highest BCUT2D eigenvalue weighted by Gasteiger charge is 2.24. The minimum Gasteiger partial charge on any atom is -0.456 e. The Morgan fingerprint density at radius 3 is 1.76 bits per heavy atom. The number of fused-ring (bicyclic) bond motifs is 9. The highest BCUT2D eigenvalue weighted by atomic mass is 32.1. The van der Waals surface area contributed by atoms with Crippen molar-refractivity contribution in [2.75, 3.05) is 9.80 Å². The number of hydrogen-bond donors (Lipinski definition) is 0. The van der Waals surface area contributed by atoms with Gasteiger partial charge < -0.3 is 18.6 Å². The van der Waals surface area contributed by atoms with Gasteiger partial charge in [0.05, 0.1) is 16.1 Å². The smallest absolute Gasteiger partial charge is 0.227 e. The maximum Gasteiger partial charge on any atom is 0.227 e. The average molecular weight is 776 g/mol. The van der Waals surface area contributed by atoms with Crippen LogP contribution in [0.3, 0.4) is 0 Å². The lowest BCUT2D eigenvalue weighted by Gasteiger charge is -2.28. The molecule has 0 amide bonds. The van der Waals surface area contributed by atoms with Crippen LogP contribution in [0.2, 0.25) is 0 Å². The van der Waals surface area contributed by atoms with Gasteiger partial charge in [-0.3, -0.25) is 0 Å². The minimum absolute atomic E-state index is 0.581. The Hall–Kier alpha value is -7.67. The summed E-state index contributed by atoms with van der Waals surface area (Å²) in [4.78, 5) is 9.93. The fourth-order valence-electron chi connectivity index (χ4n) is 8.57. The number of benzene rings is 9. The summed E-state index contributed by atoms with van der Waals surface area (Å²) >= 11 is 1.83. The highest BCUT2D eigenvalue weighted by Crippen LogP contribution is 2.48. The van der Waals surface area contributed by atoms with Gasteiger partial charge in [0.1, 0.15) is 16.7 Å². The predicted molar refractivity (Wildman–Crippen MR) is 246 cm³/mol. The van der Waals surface area contributed by atoms with Crippen LogP contribution >= 0.6 is 11.3 Å². The number of hydrogen-bond acceptors (Lipinski definition) is 6. The molecule has 9 aromatic carbocycles. The van der Waals surface area contributed by atoms with E-state index in [1.165, 1.54) is 20.2 Å². The largest absolute Gasteiger partial charge is 0.456 e. The van der Waals surface area contributed by atoms with Crippen LogP contribution in [0.15, 0.2) is 209 Å². The zero-order chi connectivity index (χ0) is 38.9. The van der Waals surface area contributed by atoms with Crippen molar-refractivity contribution in [2.24, 2.45) is 0 Å². The van der Waals surface area contributed by atoms with E-state index >= 15 is 0 Å². The van der Waals surface area contributed by atoms with Gasteiger partial charge in [0, 0.05) is 71.4 Å². The quantitative estimate of drug-likeness (QED) is 0.161. The molecule has 278 valence electrons. The minimum atomic E-state index is 0.581. The lowest BCUT2D eigenvalue weighted by Crippen LogP contribution is -2.11. The molecule has 3 aromatic heterocycles. The van der Waals surface area contributed by atoms with E-state index in [9.17, 15) is 0 Å². The number of rotatable bonds is 7. The third-order valence-electron chi connectivity index (χ3n) is 11.2. The van der Waals surface area contributed by atoms with E-state index in [0.717, 1.165) is 77.9 Å². The Kier molecular flexibility index (Phi) is 7.64.